The molecule has 3 amide bonds. The second-order valence-electron chi connectivity index (χ2n) is 6.29. The fraction of sp³-hybridized carbons (Fsp3) is 0.263. The van der Waals surface area contributed by atoms with E-state index < -0.39 is 11.6 Å². The molecule has 1 atom stereocenters. The van der Waals surface area contributed by atoms with Crippen LogP contribution < -0.4 is 10.1 Å². The van der Waals surface area contributed by atoms with Crippen LogP contribution in [0.4, 0.5) is 4.79 Å². The standard InChI is InChI=1S/C19H17Cl3N2O3/c1-19(15-8-5-13(21)11-16(15)22)17(25)24(18(26)23-19)9-2-10-27-14-6-3-12(20)4-7-14/h3-8,11H,2,9-10H2,1H3,(H,23,26)/t19-/m0/s1. The Morgan fingerprint density at radius 1 is 1.04 bits per heavy atom. The summed E-state index contributed by atoms with van der Waals surface area (Å²) in [6, 6.07) is 11.4. The van der Waals surface area contributed by atoms with E-state index in [2.05, 4.69) is 5.32 Å². The van der Waals surface area contributed by atoms with Crippen molar-refractivity contribution in [3.63, 3.8) is 0 Å². The van der Waals surface area contributed by atoms with Gasteiger partial charge in [0.1, 0.15) is 11.3 Å². The lowest BCUT2D eigenvalue weighted by molar-refractivity contribution is -0.131. The Balaban J connectivity index is 1.62. The van der Waals surface area contributed by atoms with Crippen LogP contribution in [0.25, 0.3) is 0 Å². The largest absolute Gasteiger partial charge is 0.494 e. The maximum atomic E-state index is 12.9. The van der Waals surface area contributed by atoms with Gasteiger partial charge in [0.25, 0.3) is 5.91 Å². The van der Waals surface area contributed by atoms with Gasteiger partial charge in [0.05, 0.1) is 6.61 Å². The summed E-state index contributed by atoms with van der Waals surface area (Å²) in [6.07, 6.45) is 0.492. The topological polar surface area (TPSA) is 58.6 Å². The van der Waals surface area contributed by atoms with Crippen molar-refractivity contribution in [1.82, 2.24) is 10.2 Å². The van der Waals surface area contributed by atoms with Gasteiger partial charge in [-0.25, -0.2) is 4.79 Å². The van der Waals surface area contributed by atoms with Gasteiger partial charge < -0.3 is 10.1 Å². The van der Waals surface area contributed by atoms with Gasteiger partial charge in [-0.15, -0.1) is 0 Å². The number of carbonyl (C=O) groups is 2. The van der Waals surface area contributed by atoms with E-state index in [9.17, 15) is 9.59 Å². The molecule has 0 radical (unpaired) electrons. The van der Waals surface area contributed by atoms with Crippen LogP contribution in [0.15, 0.2) is 42.5 Å². The lowest BCUT2D eigenvalue weighted by atomic mass is 9.92. The number of halogens is 3. The Hall–Kier alpha value is -1.95. The predicted octanol–water partition coefficient (Wildman–Crippen LogP) is 4.88. The van der Waals surface area contributed by atoms with Crippen molar-refractivity contribution in [2.75, 3.05) is 13.2 Å². The molecule has 2 aromatic carbocycles. The molecule has 3 rings (SSSR count). The number of hydrogen-bond acceptors (Lipinski definition) is 3. The summed E-state index contributed by atoms with van der Waals surface area (Å²) in [4.78, 5) is 26.4. The van der Waals surface area contributed by atoms with Crippen molar-refractivity contribution in [3.05, 3.63) is 63.1 Å². The van der Waals surface area contributed by atoms with E-state index in [0.29, 0.717) is 39.4 Å². The van der Waals surface area contributed by atoms with Crippen LogP contribution in [0.1, 0.15) is 18.9 Å². The minimum Gasteiger partial charge on any atom is -0.494 e. The molecule has 1 aliphatic heterocycles. The number of carbonyl (C=O) groups excluding carboxylic acids is 2. The number of nitrogens with zero attached hydrogens (tertiary/aromatic N) is 1. The zero-order valence-electron chi connectivity index (χ0n) is 14.5. The number of hydrogen-bond donors (Lipinski definition) is 1. The highest BCUT2D eigenvalue weighted by Crippen LogP contribution is 2.35. The molecule has 8 heteroatoms. The molecule has 1 heterocycles. The van der Waals surface area contributed by atoms with Gasteiger partial charge in [0.2, 0.25) is 0 Å². The SMILES string of the molecule is C[C@@]1(c2ccc(Cl)cc2Cl)NC(=O)N(CCCOc2ccc(Cl)cc2)C1=O. The highest BCUT2D eigenvalue weighted by Gasteiger charge is 2.49. The number of nitrogens with one attached hydrogen (secondary N) is 1. The van der Waals surface area contributed by atoms with Crippen LogP contribution in [0.5, 0.6) is 5.75 Å². The van der Waals surface area contributed by atoms with Gasteiger partial charge in [0, 0.05) is 27.2 Å². The zero-order chi connectivity index (χ0) is 19.6. The lowest BCUT2D eigenvalue weighted by Crippen LogP contribution is -2.41. The van der Waals surface area contributed by atoms with E-state index in [0.717, 1.165) is 0 Å². The second-order valence-corrected chi connectivity index (χ2v) is 7.57. The molecule has 27 heavy (non-hydrogen) atoms. The summed E-state index contributed by atoms with van der Waals surface area (Å²) in [5.41, 5.74) is -0.720. The third-order valence-corrected chi connectivity index (χ3v) is 5.15. The first-order valence-electron chi connectivity index (χ1n) is 8.29. The molecule has 2 aromatic rings. The Labute approximate surface area is 172 Å². The van der Waals surface area contributed by atoms with Crippen LogP contribution in [0.3, 0.4) is 0 Å². The van der Waals surface area contributed by atoms with Gasteiger partial charge in [-0.1, -0.05) is 40.9 Å². The first kappa shape index (κ1) is 19.8. The van der Waals surface area contributed by atoms with Crippen LogP contribution in [-0.4, -0.2) is 30.0 Å². The molecule has 1 fully saturated rings. The zero-order valence-corrected chi connectivity index (χ0v) is 16.7. The molecule has 0 bridgehead atoms. The van der Waals surface area contributed by atoms with E-state index in [-0.39, 0.29) is 12.5 Å². The van der Waals surface area contributed by atoms with Crippen molar-refractivity contribution >= 4 is 46.7 Å². The maximum Gasteiger partial charge on any atom is 0.325 e. The summed E-state index contributed by atoms with van der Waals surface area (Å²) < 4.78 is 5.60. The number of imide groups is 1. The third-order valence-electron chi connectivity index (χ3n) is 4.35. The normalized spacial score (nSPS) is 19.3. The first-order valence-corrected chi connectivity index (χ1v) is 9.42. The Morgan fingerprint density at radius 2 is 1.70 bits per heavy atom. The van der Waals surface area contributed by atoms with Crippen molar-refractivity contribution in [2.45, 2.75) is 18.9 Å². The molecular weight excluding hydrogens is 411 g/mol. The fourth-order valence-corrected chi connectivity index (χ4v) is 3.64. The second kappa shape index (κ2) is 7.97. The molecular formula is C19H17Cl3N2O3. The average molecular weight is 428 g/mol. The molecule has 0 aromatic heterocycles. The lowest BCUT2D eigenvalue weighted by Gasteiger charge is -2.23. The monoisotopic (exact) mass is 426 g/mol. The van der Waals surface area contributed by atoms with Gasteiger partial charge in [-0.2, -0.15) is 0 Å². The highest BCUT2D eigenvalue weighted by molar-refractivity contribution is 6.35. The predicted molar refractivity (Wildman–Crippen MR) is 106 cm³/mol. The molecule has 5 nitrogen and oxygen atoms in total. The van der Waals surface area contributed by atoms with E-state index in [1.165, 1.54) is 4.90 Å². The van der Waals surface area contributed by atoms with Gasteiger partial charge in [-0.3, -0.25) is 9.69 Å². The number of urea groups is 1. The third kappa shape index (κ3) is 4.15. The Kier molecular flexibility index (Phi) is 5.84. The van der Waals surface area contributed by atoms with Crippen LogP contribution in [-0.2, 0) is 10.3 Å². The van der Waals surface area contributed by atoms with Crippen LogP contribution in [0, 0.1) is 0 Å². The molecule has 1 N–H and O–H groups in total. The van der Waals surface area contributed by atoms with Crippen LogP contribution >= 0.6 is 34.8 Å². The van der Waals surface area contributed by atoms with Crippen molar-refractivity contribution in [3.8, 4) is 5.75 Å². The highest BCUT2D eigenvalue weighted by atomic mass is 35.5. The van der Waals surface area contributed by atoms with Gasteiger partial charge in [-0.05, 0) is 49.7 Å². The fourth-order valence-electron chi connectivity index (χ4n) is 2.92. The molecule has 1 aliphatic rings. The van der Waals surface area contributed by atoms with E-state index >= 15 is 0 Å². The number of benzene rings is 2. The minimum absolute atomic E-state index is 0.235. The molecule has 0 saturated carbocycles. The van der Waals surface area contributed by atoms with Crippen molar-refractivity contribution in [2.24, 2.45) is 0 Å². The van der Waals surface area contributed by atoms with E-state index in [1.54, 1.807) is 49.4 Å². The van der Waals surface area contributed by atoms with E-state index in [1.807, 2.05) is 0 Å². The number of amides is 3. The summed E-state index contributed by atoms with van der Waals surface area (Å²) >= 11 is 18.0. The summed E-state index contributed by atoms with van der Waals surface area (Å²) in [5, 5.41) is 4.14. The molecule has 0 spiro atoms. The maximum absolute atomic E-state index is 12.9. The first-order chi connectivity index (χ1) is 12.8. The van der Waals surface area contributed by atoms with Gasteiger partial charge >= 0.3 is 6.03 Å². The van der Waals surface area contributed by atoms with Crippen LogP contribution in [0.2, 0.25) is 15.1 Å². The summed E-state index contributed by atoms with van der Waals surface area (Å²) in [6.45, 7) is 2.22. The van der Waals surface area contributed by atoms with Gasteiger partial charge in [0.15, 0.2) is 0 Å². The number of rotatable bonds is 6. The quantitative estimate of drug-likeness (QED) is 0.528. The molecule has 142 valence electrons. The molecule has 0 aliphatic carbocycles. The van der Waals surface area contributed by atoms with Crippen molar-refractivity contribution < 1.29 is 14.3 Å². The summed E-state index contributed by atoms with van der Waals surface area (Å²) in [5.74, 6) is 0.317. The average Bonchev–Trinajstić information content (AvgIpc) is 2.83. The number of ether oxygens (including phenoxy) is 1. The minimum atomic E-state index is -1.23. The van der Waals surface area contributed by atoms with Crippen molar-refractivity contribution in [1.29, 1.82) is 0 Å². The molecule has 0 unspecified atom stereocenters. The summed E-state index contributed by atoms with van der Waals surface area (Å²) in [7, 11) is 0. The Bertz CT molecular complexity index is 873. The van der Waals surface area contributed by atoms with E-state index in [4.69, 9.17) is 39.5 Å². The Morgan fingerprint density at radius 3 is 2.37 bits per heavy atom. The molecule has 1 saturated heterocycles. The smallest absolute Gasteiger partial charge is 0.325 e.